The Morgan fingerprint density at radius 2 is 2.22 bits per heavy atom. The van der Waals surface area contributed by atoms with E-state index in [1.165, 1.54) is 12.1 Å². The van der Waals surface area contributed by atoms with Crippen LogP contribution in [0.4, 0.5) is 0 Å². The lowest BCUT2D eigenvalue weighted by atomic mass is 9.98. The lowest BCUT2D eigenvalue weighted by molar-refractivity contribution is -0.135. The molecule has 1 amide bonds. The number of aromatic nitrogens is 2. The second-order valence-electron chi connectivity index (χ2n) is 6.51. The summed E-state index contributed by atoms with van der Waals surface area (Å²) in [7, 11) is 2.06. The Kier molecular flexibility index (Phi) is 4.79. The van der Waals surface area contributed by atoms with Crippen molar-refractivity contribution in [3.05, 3.63) is 53.6 Å². The van der Waals surface area contributed by atoms with Crippen LogP contribution in [0.2, 0.25) is 0 Å². The van der Waals surface area contributed by atoms with Crippen molar-refractivity contribution in [2.75, 3.05) is 6.54 Å². The third-order valence-corrected chi connectivity index (χ3v) is 4.71. The van der Waals surface area contributed by atoms with Crippen molar-refractivity contribution >= 4 is 5.91 Å². The molecule has 1 aliphatic heterocycles. The molecule has 0 aromatic carbocycles. The molecule has 122 valence electrons. The van der Waals surface area contributed by atoms with E-state index in [1.807, 2.05) is 19.3 Å². The quantitative estimate of drug-likeness (QED) is 0.868. The summed E-state index contributed by atoms with van der Waals surface area (Å²) in [4.78, 5) is 19.1. The van der Waals surface area contributed by atoms with E-state index in [0.29, 0.717) is 6.42 Å². The molecule has 3 rings (SSSR count). The van der Waals surface area contributed by atoms with Gasteiger partial charge >= 0.3 is 0 Å². The maximum atomic E-state index is 12.8. The molecular weight excluding hydrogens is 286 g/mol. The van der Waals surface area contributed by atoms with E-state index < -0.39 is 0 Å². The standard InChI is InChI=1S/C19H25N3O/c1-15-12-16(14-20-13-15)8-9-19(23)22-11-4-3-6-18(22)17-7-5-10-21(17)2/h5,7,10,12-14,18H,3-4,6,8-9,11H2,1-2H3. The maximum absolute atomic E-state index is 12.8. The minimum absolute atomic E-state index is 0.229. The van der Waals surface area contributed by atoms with Gasteiger partial charge in [0.15, 0.2) is 0 Å². The highest BCUT2D eigenvalue weighted by molar-refractivity contribution is 5.77. The fraction of sp³-hybridized carbons (Fsp3) is 0.474. The molecule has 0 bridgehead atoms. The first-order valence-electron chi connectivity index (χ1n) is 8.46. The van der Waals surface area contributed by atoms with Crippen molar-refractivity contribution in [3.63, 3.8) is 0 Å². The Hall–Kier alpha value is -2.10. The Bertz CT molecular complexity index is 677. The number of aryl methyl sites for hydroxylation is 3. The van der Waals surface area contributed by atoms with Crippen molar-refractivity contribution in [2.24, 2.45) is 7.05 Å². The molecular formula is C19H25N3O. The predicted octanol–water partition coefficient (Wildman–Crippen LogP) is 3.41. The number of nitrogens with zero attached hydrogens (tertiary/aromatic N) is 3. The number of pyridine rings is 1. The molecule has 4 heteroatoms. The Balaban J connectivity index is 1.68. The van der Waals surface area contributed by atoms with Gasteiger partial charge in [-0.05, 0) is 55.9 Å². The van der Waals surface area contributed by atoms with Crippen LogP contribution in [0.1, 0.15) is 48.5 Å². The number of likely N-dealkylation sites (tertiary alicyclic amines) is 1. The van der Waals surface area contributed by atoms with Gasteiger partial charge in [0.2, 0.25) is 5.91 Å². The molecule has 1 fully saturated rings. The maximum Gasteiger partial charge on any atom is 0.223 e. The van der Waals surface area contributed by atoms with Gasteiger partial charge in [0.05, 0.1) is 6.04 Å². The molecule has 2 aromatic rings. The summed E-state index contributed by atoms with van der Waals surface area (Å²) in [5, 5.41) is 0. The summed E-state index contributed by atoms with van der Waals surface area (Å²) >= 11 is 0. The molecule has 4 nitrogen and oxygen atoms in total. The topological polar surface area (TPSA) is 38.1 Å². The fourth-order valence-corrected chi connectivity index (χ4v) is 3.51. The molecule has 2 aromatic heterocycles. The Labute approximate surface area is 138 Å². The number of hydrogen-bond acceptors (Lipinski definition) is 2. The second kappa shape index (κ2) is 6.99. The van der Waals surface area contributed by atoms with Crippen molar-refractivity contribution < 1.29 is 4.79 Å². The molecule has 1 saturated heterocycles. The van der Waals surface area contributed by atoms with Crippen LogP contribution in [-0.2, 0) is 18.3 Å². The molecule has 0 aliphatic carbocycles. The van der Waals surface area contributed by atoms with Gasteiger partial charge in [-0.1, -0.05) is 6.07 Å². The van der Waals surface area contributed by atoms with Gasteiger partial charge in [-0.25, -0.2) is 0 Å². The van der Waals surface area contributed by atoms with Gasteiger partial charge < -0.3 is 9.47 Å². The van der Waals surface area contributed by atoms with Crippen LogP contribution in [0.15, 0.2) is 36.8 Å². The number of carbonyl (C=O) groups is 1. The number of rotatable bonds is 4. The van der Waals surface area contributed by atoms with Gasteiger partial charge in [-0.2, -0.15) is 0 Å². The largest absolute Gasteiger partial charge is 0.353 e. The van der Waals surface area contributed by atoms with E-state index in [-0.39, 0.29) is 11.9 Å². The molecule has 0 N–H and O–H groups in total. The summed E-state index contributed by atoms with van der Waals surface area (Å²) in [6.45, 7) is 2.91. The molecule has 0 radical (unpaired) electrons. The van der Waals surface area contributed by atoms with Gasteiger partial charge in [0, 0.05) is 44.3 Å². The minimum Gasteiger partial charge on any atom is -0.353 e. The van der Waals surface area contributed by atoms with Crippen LogP contribution < -0.4 is 0 Å². The first-order chi connectivity index (χ1) is 11.1. The van der Waals surface area contributed by atoms with Crippen LogP contribution in [0.5, 0.6) is 0 Å². The monoisotopic (exact) mass is 311 g/mol. The summed E-state index contributed by atoms with van der Waals surface area (Å²) in [6.07, 6.45) is 10.5. The van der Waals surface area contributed by atoms with Crippen LogP contribution in [-0.4, -0.2) is 26.9 Å². The Morgan fingerprint density at radius 3 is 2.96 bits per heavy atom. The van der Waals surface area contributed by atoms with E-state index >= 15 is 0 Å². The van der Waals surface area contributed by atoms with E-state index in [9.17, 15) is 4.79 Å². The van der Waals surface area contributed by atoms with Gasteiger partial charge in [0.1, 0.15) is 0 Å². The zero-order chi connectivity index (χ0) is 16.2. The summed E-state index contributed by atoms with van der Waals surface area (Å²) in [6, 6.07) is 6.54. The molecule has 1 unspecified atom stereocenters. The van der Waals surface area contributed by atoms with Crippen LogP contribution in [0.3, 0.4) is 0 Å². The average Bonchev–Trinajstić information content (AvgIpc) is 2.98. The second-order valence-corrected chi connectivity index (χ2v) is 6.51. The zero-order valence-electron chi connectivity index (χ0n) is 14.0. The first kappa shape index (κ1) is 15.8. The number of hydrogen-bond donors (Lipinski definition) is 0. The van der Waals surface area contributed by atoms with E-state index in [1.54, 1.807) is 0 Å². The van der Waals surface area contributed by atoms with Crippen LogP contribution in [0.25, 0.3) is 0 Å². The minimum atomic E-state index is 0.229. The van der Waals surface area contributed by atoms with Crippen molar-refractivity contribution in [2.45, 2.75) is 45.1 Å². The van der Waals surface area contributed by atoms with Crippen molar-refractivity contribution in [1.82, 2.24) is 14.5 Å². The number of carbonyl (C=O) groups excluding carboxylic acids is 1. The van der Waals surface area contributed by atoms with E-state index in [4.69, 9.17) is 0 Å². The highest BCUT2D eigenvalue weighted by Crippen LogP contribution is 2.31. The Morgan fingerprint density at radius 1 is 1.35 bits per heavy atom. The van der Waals surface area contributed by atoms with E-state index in [0.717, 1.165) is 36.9 Å². The van der Waals surface area contributed by atoms with Crippen molar-refractivity contribution in [1.29, 1.82) is 0 Å². The first-order valence-corrected chi connectivity index (χ1v) is 8.46. The average molecular weight is 311 g/mol. The molecule has 0 saturated carbocycles. The number of piperidine rings is 1. The highest BCUT2D eigenvalue weighted by atomic mass is 16.2. The molecule has 1 atom stereocenters. The third-order valence-electron chi connectivity index (χ3n) is 4.71. The summed E-state index contributed by atoms with van der Waals surface area (Å²) in [5.41, 5.74) is 3.54. The number of amides is 1. The lowest BCUT2D eigenvalue weighted by Gasteiger charge is -2.36. The molecule has 1 aliphatic rings. The summed E-state index contributed by atoms with van der Waals surface area (Å²) in [5.74, 6) is 0.261. The van der Waals surface area contributed by atoms with Crippen LogP contribution in [0, 0.1) is 6.92 Å². The van der Waals surface area contributed by atoms with Gasteiger partial charge in [-0.3, -0.25) is 9.78 Å². The smallest absolute Gasteiger partial charge is 0.223 e. The lowest BCUT2D eigenvalue weighted by Crippen LogP contribution is -2.39. The molecule has 3 heterocycles. The SMILES string of the molecule is Cc1cncc(CCC(=O)N2CCCCC2c2cccn2C)c1. The third kappa shape index (κ3) is 3.63. The molecule has 0 spiro atoms. The van der Waals surface area contributed by atoms with Crippen molar-refractivity contribution in [3.8, 4) is 0 Å². The zero-order valence-corrected chi connectivity index (χ0v) is 14.0. The normalized spacial score (nSPS) is 18.2. The van der Waals surface area contributed by atoms with E-state index in [2.05, 4.69) is 45.9 Å². The predicted molar refractivity (Wildman–Crippen MR) is 91.0 cm³/mol. The van der Waals surface area contributed by atoms with Gasteiger partial charge in [0.25, 0.3) is 0 Å². The summed E-state index contributed by atoms with van der Waals surface area (Å²) < 4.78 is 2.14. The fourth-order valence-electron chi connectivity index (χ4n) is 3.51. The highest BCUT2D eigenvalue weighted by Gasteiger charge is 2.28. The van der Waals surface area contributed by atoms with Gasteiger partial charge in [-0.15, -0.1) is 0 Å². The molecule has 23 heavy (non-hydrogen) atoms. The van der Waals surface area contributed by atoms with Crippen LogP contribution >= 0.6 is 0 Å².